The zero-order valence-corrected chi connectivity index (χ0v) is 12.2. The molecule has 122 valence electrons. The van der Waals surface area contributed by atoms with Crippen molar-refractivity contribution in [3.05, 3.63) is 12.4 Å². The molecule has 0 aromatic carbocycles. The Balaban J connectivity index is 2.30. The Hall–Kier alpha value is -2.06. The van der Waals surface area contributed by atoms with Gasteiger partial charge in [-0.05, 0) is 13.8 Å². The van der Waals surface area contributed by atoms with Crippen molar-refractivity contribution >= 4 is 11.7 Å². The summed E-state index contributed by atoms with van der Waals surface area (Å²) in [5.74, 6) is -3.77. The number of carbonyl (C=O) groups excluding carboxylic acids is 1. The third-order valence-corrected chi connectivity index (χ3v) is 3.40. The standard InChI is InChI=1S/C13H17F3N4O2/c1-7(2)22-12-11(18-3-4-19-12)20-5-8(10(17)21)9(6-20)13(14,15)16/h3-4,7-9H,5-6H2,1-2H3,(H2,17,21)/t8-,9-/m1/s1. The largest absolute Gasteiger partial charge is 0.472 e. The molecule has 2 atom stereocenters. The summed E-state index contributed by atoms with van der Waals surface area (Å²) in [4.78, 5) is 20.7. The molecule has 0 spiro atoms. The topological polar surface area (TPSA) is 81.3 Å². The van der Waals surface area contributed by atoms with E-state index in [0.717, 1.165) is 0 Å². The highest BCUT2D eigenvalue weighted by Crippen LogP contribution is 2.40. The first-order chi connectivity index (χ1) is 10.2. The van der Waals surface area contributed by atoms with Gasteiger partial charge in [0.2, 0.25) is 5.91 Å². The molecule has 6 nitrogen and oxygen atoms in total. The third-order valence-electron chi connectivity index (χ3n) is 3.40. The Kier molecular flexibility index (Phi) is 4.43. The molecule has 1 aromatic rings. The molecular formula is C13H17F3N4O2. The normalized spacial score (nSPS) is 22.2. The van der Waals surface area contributed by atoms with Crippen LogP contribution in [-0.2, 0) is 4.79 Å². The molecule has 0 aliphatic carbocycles. The Labute approximate surface area is 125 Å². The summed E-state index contributed by atoms with van der Waals surface area (Å²) in [5.41, 5.74) is 5.11. The fraction of sp³-hybridized carbons (Fsp3) is 0.615. The maximum atomic E-state index is 13.1. The highest BCUT2D eigenvalue weighted by molar-refractivity contribution is 5.79. The number of alkyl halides is 3. The number of hydrogen-bond acceptors (Lipinski definition) is 5. The second kappa shape index (κ2) is 5.98. The van der Waals surface area contributed by atoms with E-state index in [9.17, 15) is 18.0 Å². The number of halogens is 3. The molecule has 1 fully saturated rings. The predicted molar refractivity (Wildman–Crippen MR) is 72.2 cm³/mol. The zero-order valence-electron chi connectivity index (χ0n) is 12.2. The lowest BCUT2D eigenvalue weighted by Crippen LogP contribution is -2.37. The average Bonchev–Trinajstić information content (AvgIpc) is 2.83. The van der Waals surface area contributed by atoms with E-state index < -0.39 is 30.5 Å². The van der Waals surface area contributed by atoms with Gasteiger partial charge in [0, 0.05) is 25.5 Å². The summed E-state index contributed by atoms with van der Waals surface area (Å²) in [6, 6.07) is 0. The molecule has 0 unspecified atom stereocenters. The minimum Gasteiger partial charge on any atom is -0.472 e. The van der Waals surface area contributed by atoms with Crippen molar-refractivity contribution in [2.45, 2.75) is 26.1 Å². The summed E-state index contributed by atoms with van der Waals surface area (Å²) in [5, 5.41) is 0. The number of hydrogen-bond donors (Lipinski definition) is 1. The van der Waals surface area contributed by atoms with Crippen molar-refractivity contribution in [1.29, 1.82) is 0 Å². The summed E-state index contributed by atoms with van der Waals surface area (Å²) in [6.45, 7) is 2.98. The van der Waals surface area contributed by atoms with Gasteiger partial charge < -0.3 is 15.4 Å². The van der Waals surface area contributed by atoms with Crippen LogP contribution in [0, 0.1) is 11.8 Å². The Morgan fingerprint density at radius 2 is 2.00 bits per heavy atom. The second-order valence-electron chi connectivity index (χ2n) is 5.41. The van der Waals surface area contributed by atoms with Crippen LogP contribution in [0.3, 0.4) is 0 Å². The van der Waals surface area contributed by atoms with Crippen molar-refractivity contribution < 1.29 is 22.7 Å². The van der Waals surface area contributed by atoms with Crippen molar-refractivity contribution in [2.24, 2.45) is 17.6 Å². The van der Waals surface area contributed by atoms with Crippen LogP contribution in [0.1, 0.15) is 13.8 Å². The number of ether oxygens (including phenoxy) is 1. The van der Waals surface area contributed by atoms with Gasteiger partial charge in [-0.25, -0.2) is 9.97 Å². The first-order valence-corrected chi connectivity index (χ1v) is 6.78. The molecule has 1 saturated heterocycles. The monoisotopic (exact) mass is 318 g/mol. The van der Waals surface area contributed by atoms with Crippen molar-refractivity contribution in [3.63, 3.8) is 0 Å². The maximum absolute atomic E-state index is 13.1. The summed E-state index contributed by atoms with van der Waals surface area (Å²) in [6.07, 6.45) is -1.95. The molecule has 1 aliphatic rings. The van der Waals surface area contributed by atoms with Gasteiger partial charge in [0.1, 0.15) is 0 Å². The number of aromatic nitrogens is 2. The van der Waals surface area contributed by atoms with E-state index in [2.05, 4.69) is 9.97 Å². The number of anilines is 1. The van der Waals surface area contributed by atoms with Gasteiger partial charge in [-0.3, -0.25) is 4.79 Å². The van der Waals surface area contributed by atoms with Crippen LogP contribution < -0.4 is 15.4 Å². The van der Waals surface area contributed by atoms with Crippen LogP contribution in [0.15, 0.2) is 12.4 Å². The van der Waals surface area contributed by atoms with Crippen LogP contribution >= 0.6 is 0 Å². The first kappa shape index (κ1) is 16.3. The van der Waals surface area contributed by atoms with Crippen LogP contribution in [-0.4, -0.2) is 41.2 Å². The van der Waals surface area contributed by atoms with Crippen LogP contribution in [0.2, 0.25) is 0 Å². The van der Waals surface area contributed by atoms with E-state index in [-0.39, 0.29) is 24.3 Å². The van der Waals surface area contributed by atoms with Gasteiger partial charge in [0.05, 0.1) is 17.9 Å². The highest BCUT2D eigenvalue weighted by atomic mass is 19.4. The van der Waals surface area contributed by atoms with E-state index >= 15 is 0 Å². The van der Waals surface area contributed by atoms with Gasteiger partial charge in [-0.15, -0.1) is 0 Å². The number of nitrogens with two attached hydrogens (primary N) is 1. The molecule has 1 aliphatic heterocycles. The number of rotatable bonds is 4. The molecule has 2 rings (SSSR count). The quantitative estimate of drug-likeness (QED) is 0.906. The fourth-order valence-corrected chi connectivity index (χ4v) is 2.44. The molecule has 0 saturated carbocycles. The van der Waals surface area contributed by atoms with E-state index in [0.29, 0.717) is 0 Å². The van der Waals surface area contributed by atoms with Gasteiger partial charge in [-0.2, -0.15) is 13.2 Å². The van der Waals surface area contributed by atoms with E-state index in [1.807, 2.05) is 0 Å². The average molecular weight is 318 g/mol. The lowest BCUT2D eigenvalue weighted by molar-refractivity contribution is -0.181. The Morgan fingerprint density at radius 3 is 2.50 bits per heavy atom. The molecule has 22 heavy (non-hydrogen) atoms. The number of primary amides is 1. The number of carbonyl (C=O) groups is 1. The minimum absolute atomic E-state index is 0.142. The summed E-state index contributed by atoms with van der Waals surface area (Å²) in [7, 11) is 0. The van der Waals surface area contributed by atoms with Gasteiger partial charge in [-0.1, -0.05) is 0 Å². The highest BCUT2D eigenvalue weighted by Gasteiger charge is 2.52. The van der Waals surface area contributed by atoms with Gasteiger partial charge >= 0.3 is 6.18 Å². The maximum Gasteiger partial charge on any atom is 0.394 e. The Morgan fingerprint density at radius 1 is 1.36 bits per heavy atom. The van der Waals surface area contributed by atoms with E-state index in [1.165, 1.54) is 17.3 Å². The van der Waals surface area contributed by atoms with Crippen LogP contribution in [0.4, 0.5) is 19.0 Å². The van der Waals surface area contributed by atoms with Gasteiger partial charge in [0.15, 0.2) is 5.82 Å². The number of amides is 1. The molecule has 1 aromatic heterocycles. The second-order valence-corrected chi connectivity index (χ2v) is 5.41. The third kappa shape index (κ3) is 3.40. The minimum atomic E-state index is -4.50. The molecular weight excluding hydrogens is 301 g/mol. The lowest BCUT2D eigenvalue weighted by atomic mass is 9.95. The van der Waals surface area contributed by atoms with Gasteiger partial charge in [0.25, 0.3) is 5.88 Å². The summed E-state index contributed by atoms with van der Waals surface area (Å²) >= 11 is 0. The zero-order chi connectivity index (χ0) is 16.5. The molecule has 0 radical (unpaired) electrons. The molecule has 0 bridgehead atoms. The SMILES string of the molecule is CC(C)Oc1nccnc1N1C[C@@H](C(F)(F)F)[C@H](C(N)=O)C1. The predicted octanol–water partition coefficient (Wildman–Crippen LogP) is 1.36. The summed E-state index contributed by atoms with van der Waals surface area (Å²) < 4.78 is 44.7. The molecule has 2 N–H and O–H groups in total. The van der Waals surface area contributed by atoms with Crippen molar-refractivity contribution in [1.82, 2.24) is 9.97 Å². The lowest BCUT2D eigenvalue weighted by Gasteiger charge is -2.21. The van der Waals surface area contributed by atoms with Crippen molar-refractivity contribution in [2.75, 3.05) is 18.0 Å². The van der Waals surface area contributed by atoms with Crippen molar-refractivity contribution in [3.8, 4) is 5.88 Å². The van der Waals surface area contributed by atoms with Crippen LogP contribution in [0.25, 0.3) is 0 Å². The number of nitrogens with zero attached hydrogens (tertiary/aromatic N) is 3. The van der Waals surface area contributed by atoms with E-state index in [1.54, 1.807) is 13.8 Å². The smallest absolute Gasteiger partial charge is 0.394 e. The first-order valence-electron chi connectivity index (χ1n) is 6.78. The van der Waals surface area contributed by atoms with E-state index in [4.69, 9.17) is 10.5 Å². The Bertz CT molecular complexity index is 550. The fourth-order valence-electron chi connectivity index (χ4n) is 2.44. The molecule has 1 amide bonds. The molecule has 2 heterocycles. The van der Waals surface area contributed by atoms with Crippen LogP contribution in [0.5, 0.6) is 5.88 Å². The molecule has 9 heteroatoms.